The van der Waals surface area contributed by atoms with Gasteiger partial charge in [0.2, 0.25) is 0 Å². The van der Waals surface area contributed by atoms with Crippen molar-refractivity contribution in [2.45, 2.75) is 38.9 Å². The van der Waals surface area contributed by atoms with Crippen LogP contribution in [0.15, 0.2) is 91.0 Å². The third kappa shape index (κ3) is 3.32. The van der Waals surface area contributed by atoms with E-state index < -0.39 is 18.3 Å². The highest BCUT2D eigenvalue weighted by Gasteiger charge is 2.52. The minimum atomic E-state index is -0.438. The fourth-order valence-electron chi connectivity index (χ4n) is 4.86. The van der Waals surface area contributed by atoms with Gasteiger partial charge in [-0.1, -0.05) is 78.9 Å². The smallest absolute Gasteiger partial charge is 0.399 e. The van der Waals surface area contributed by atoms with Crippen LogP contribution < -0.4 is 5.46 Å². The van der Waals surface area contributed by atoms with E-state index in [4.69, 9.17) is 9.31 Å². The summed E-state index contributed by atoms with van der Waals surface area (Å²) in [7, 11) is -0.438. The van der Waals surface area contributed by atoms with Gasteiger partial charge in [0.15, 0.2) is 0 Å². The Labute approximate surface area is 205 Å². The highest BCUT2D eigenvalue weighted by atomic mass is 32.1. The average molecular weight is 462 g/mol. The van der Waals surface area contributed by atoms with Gasteiger partial charge < -0.3 is 9.31 Å². The summed E-state index contributed by atoms with van der Waals surface area (Å²) in [6.07, 6.45) is 0. The van der Waals surface area contributed by atoms with Gasteiger partial charge in [-0.25, -0.2) is 0 Å². The maximum Gasteiger partial charge on any atom is 0.495 e. The minimum absolute atomic E-state index is 0.403. The first-order valence-electron chi connectivity index (χ1n) is 11.8. The quantitative estimate of drug-likeness (QED) is 0.256. The van der Waals surface area contributed by atoms with Crippen LogP contribution in [0.1, 0.15) is 27.7 Å². The van der Waals surface area contributed by atoms with Crippen molar-refractivity contribution in [2.24, 2.45) is 0 Å². The number of fused-ring (bicyclic) bond motifs is 3. The van der Waals surface area contributed by atoms with Crippen molar-refractivity contribution in [3.63, 3.8) is 0 Å². The van der Waals surface area contributed by atoms with Gasteiger partial charge in [0.25, 0.3) is 0 Å². The first kappa shape index (κ1) is 21.6. The van der Waals surface area contributed by atoms with E-state index in [0.717, 1.165) is 5.46 Å². The standard InChI is InChI=1S/C30H27BO2S/c1-29(2)30(3,4)33-31(32-29)24-18-19-26-28(23-16-10-11-17-25(23)34-26)27(24)22-15-9-8-14-21(22)20-12-6-5-7-13-20/h5-19H,1-4H3. The van der Waals surface area contributed by atoms with E-state index in [1.54, 1.807) is 0 Å². The molecule has 4 aromatic carbocycles. The Balaban J connectivity index is 1.69. The maximum absolute atomic E-state index is 6.58. The van der Waals surface area contributed by atoms with Crippen LogP contribution in [0.3, 0.4) is 0 Å². The zero-order chi connectivity index (χ0) is 23.5. The number of hydrogen-bond acceptors (Lipinski definition) is 3. The molecule has 4 heteroatoms. The van der Waals surface area contributed by atoms with Crippen LogP contribution in [-0.4, -0.2) is 18.3 Å². The highest BCUT2D eigenvalue weighted by Crippen LogP contribution is 2.44. The van der Waals surface area contributed by atoms with Crippen LogP contribution in [0.25, 0.3) is 42.4 Å². The molecule has 0 atom stereocenters. The second kappa shape index (κ2) is 7.81. The summed E-state index contributed by atoms with van der Waals surface area (Å²) in [6, 6.07) is 32.4. The zero-order valence-corrected chi connectivity index (χ0v) is 20.8. The molecular formula is C30H27BO2S. The Hall–Kier alpha value is -2.92. The molecule has 1 aliphatic heterocycles. The Morgan fingerprint density at radius 2 is 1.24 bits per heavy atom. The van der Waals surface area contributed by atoms with Gasteiger partial charge in [0, 0.05) is 20.2 Å². The monoisotopic (exact) mass is 462 g/mol. The van der Waals surface area contributed by atoms with Crippen LogP contribution in [0.4, 0.5) is 0 Å². The van der Waals surface area contributed by atoms with Crippen LogP contribution in [0.2, 0.25) is 0 Å². The lowest BCUT2D eigenvalue weighted by molar-refractivity contribution is 0.00578. The fourth-order valence-corrected chi connectivity index (χ4v) is 5.97. The largest absolute Gasteiger partial charge is 0.495 e. The molecule has 1 saturated heterocycles. The highest BCUT2D eigenvalue weighted by molar-refractivity contribution is 7.26. The van der Waals surface area contributed by atoms with E-state index in [1.807, 2.05) is 11.3 Å². The molecule has 1 fully saturated rings. The first-order chi connectivity index (χ1) is 16.4. The second-order valence-electron chi connectivity index (χ2n) is 10.0. The van der Waals surface area contributed by atoms with Crippen molar-refractivity contribution >= 4 is 44.1 Å². The van der Waals surface area contributed by atoms with Crippen LogP contribution in [0.5, 0.6) is 0 Å². The summed E-state index contributed by atoms with van der Waals surface area (Å²) in [5.74, 6) is 0. The average Bonchev–Trinajstić information content (AvgIpc) is 3.32. The van der Waals surface area contributed by atoms with E-state index in [9.17, 15) is 0 Å². The van der Waals surface area contributed by atoms with Crippen molar-refractivity contribution in [2.75, 3.05) is 0 Å². The molecule has 2 nitrogen and oxygen atoms in total. The second-order valence-corrected chi connectivity index (χ2v) is 11.1. The van der Waals surface area contributed by atoms with E-state index in [1.165, 1.54) is 42.4 Å². The number of benzene rings is 4. The molecule has 0 radical (unpaired) electrons. The molecule has 0 spiro atoms. The molecule has 5 aromatic rings. The predicted molar refractivity (Wildman–Crippen MR) is 146 cm³/mol. The van der Waals surface area contributed by atoms with E-state index in [0.29, 0.717) is 0 Å². The molecule has 1 aromatic heterocycles. The first-order valence-corrected chi connectivity index (χ1v) is 12.6. The molecule has 6 rings (SSSR count). The summed E-state index contributed by atoms with van der Waals surface area (Å²) < 4.78 is 15.7. The van der Waals surface area contributed by atoms with Gasteiger partial charge in [0.1, 0.15) is 0 Å². The molecule has 0 N–H and O–H groups in total. The van der Waals surface area contributed by atoms with Gasteiger partial charge in [-0.05, 0) is 67.5 Å². The van der Waals surface area contributed by atoms with Crippen LogP contribution >= 0.6 is 11.3 Å². The molecule has 0 aliphatic carbocycles. The van der Waals surface area contributed by atoms with Gasteiger partial charge >= 0.3 is 7.12 Å². The summed E-state index contributed by atoms with van der Waals surface area (Å²) >= 11 is 1.84. The SMILES string of the molecule is CC1(C)OB(c2ccc3sc4ccccc4c3c2-c2ccccc2-c2ccccc2)OC1(C)C. The van der Waals surface area contributed by atoms with E-state index in [-0.39, 0.29) is 0 Å². The van der Waals surface area contributed by atoms with Gasteiger partial charge in [0.05, 0.1) is 11.2 Å². The number of rotatable bonds is 3. The normalized spacial score (nSPS) is 17.0. The predicted octanol–water partition coefficient (Wildman–Crippen LogP) is 7.69. The molecule has 1 aliphatic rings. The Kier molecular flexibility index (Phi) is 4.96. The Morgan fingerprint density at radius 3 is 1.97 bits per heavy atom. The van der Waals surface area contributed by atoms with Gasteiger partial charge in [-0.15, -0.1) is 11.3 Å². The maximum atomic E-state index is 6.58. The number of thiophene rings is 1. The number of hydrogen-bond donors (Lipinski definition) is 0. The lowest BCUT2D eigenvalue weighted by atomic mass is 9.72. The molecule has 0 saturated carbocycles. The third-order valence-electron chi connectivity index (χ3n) is 7.36. The van der Waals surface area contributed by atoms with Crippen molar-refractivity contribution in [1.82, 2.24) is 0 Å². The summed E-state index contributed by atoms with van der Waals surface area (Å²) in [6.45, 7) is 8.46. The topological polar surface area (TPSA) is 18.5 Å². The van der Waals surface area contributed by atoms with Crippen molar-refractivity contribution in [1.29, 1.82) is 0 Å². The molecular weight excluding hydrogens is 435 g/mol. The third-order valence-corrected chi connectivity index (χ3v) is 8.50. The molecule has 0 bridgehead atoms. The zero-order valence-electron chi connectivity index (χ0n) is 20.0. The summed E-state index contributed by atoms with van der Waals surface area (Å²) in [5.41, 5.74) is 5.09. The summed E-state index contributed by atoms with van der Waals surface area (Å²) in [4.78, 5) is 0. The summed E-state index contributed by atoms with van der Waals surface area (Å²) in [5, 5.41) is 2.55. The van der Waals surface area contributed by atoms with Crippen molar-refractivity contribution in [3.8, 4) is 22.3 Å². The van der Waals surface area contributed by atoms with Gasteiger partial charge in [-0.3, -0.25) is 0 Å². The molecule has 168 valence electrons. The van der Waals surface area contributed by atoms with Gasteiger partial charge in [-0.2, -0.15) is 0 Å². The van der Waals surface area contributed by atoms with Crippen molar-refractivity contribution < 1.29 is 9.31 Å². The lowest BCUT2D eigenvalue weighted by Gasteiger charge is -2.32. The fraction of sp³-hybridized carbons (Fsp3) is 0.200. The van der Waals surface area contributed by atoms with Crippen LogP contribution in [-0.2, 0) is 9.31 Å². The Morgan fingerprint density at radius 1 is 0.618 bits per heavy atom. The van der Waals surface area contributed by atoms with Crippen molar-refractivity contribution in [3.05, 3.63) is 91.0 Å². The Bertz CT molecular complexity index is 1500. The molecule has 0 unspecified atom stereocenters. The molecule has 2 heterocycles. The molecule has 0 amide bonds. The van der Waals surface area contributed by atoms with Crippen LogP contribution in [0, 0.1) is 0 Å². The van der Waals surface area contributed by atoms with E-state index in [2.05, 4.69) is 119 Å². The molecule has 34 heavy (non-hydrogen) atoms. The lowest BCUT2D eigenvalue weighted by Crippen LogP contribution is -2.41. The minimum Gasteiger partial charge on any atom is -0.399 e. The van der Waals surface area contributed by atoms with E-state index >= 15 is 0 Å².